The summed E-state index contributed by atoms with van der Waals surface area (Å²) in [4.78, 5) is 27.6. The van der Waals surface area contributed by atoms with Crippen LogP contribution < -0.4 is 16.0 Å². The first-order valence-electron chi connectivity index (χ1n) is 7.23. The third-order valence-corrected chi connectivity index (χ3v) is 4.47. The number of nitrogens with two attached hydrogens (primary N) is 1. The Morgan fingerprint density at radius 2 is 1.90 bits per heavy atom. The molecule has 1 aromatic carbocycles. The van der Waals surface area contributed by atoms with Crippen molar-refractivity contribution in [3.63, 3.8) is 0 Å². The first-order valence-corrected chi connectivity index (χ1v) is 7.23. The van der Waals surface area contributed by atoms with Crippen molar-refractivity contribution >= 4 is 17.5 Å². The summed E-state index contributed by atoms with van der Waals surface area (Å²) in [6.07, 6.45) is 1.42. The predicted molar refractivity (Wildman–Crippen MR) is 79.5 cm³/mol. The van der Waals surface area contributed by atoms with Gasteiger partial charge in [-0.25, -0.2) is 0 Å². The molecule has 112 valence electrons. The maximum Gasteiger partial charge on any atom is 0.247 e. The molecule has 2 aliphatic rings. The number of rotatable bonds is 3. The van der Waals surface area contributed by atoms with Gasteiger partial charge < -0.3 is 16.0 Å². The number of carbonyl (C=O) groups is 2. The normalized spacial score (nSPS) is 21.5. The summed E-state index contributed by atoms with van der Waals surface area (Å²) in [5.74, 6) is -0.230. The molecule has 6 heteroatoms. The number of amides is 2. The van der Waals surface area contributed by atoms with Crippen molar-refractivity contribution in [3.05, 3.63) is 30.3 Å². The Balaban J connectivity index is 1.79. The molecule has 0 unspecified atom stereocenters. The molecule has 2 saturated heterocycles. The third kappa shape index (κ3) is 2.47. The van der Waals surface area contributed by atoms with Crippen molar-refractivity contribution in [3.8, 4) is 0 Å². The number of nitrogens with one attached hydrogen (secondary N) is 1. The average molecular weight is 288 g/mol. The summed E-state index contributed by atoms with van der Waals surface area (Å²) in [6, 6.07) is 9.98. The molecular weight excluding hydrogens is 268 g/mol. The standard InChI is InChI=1S/C15H20N4O2/c16-13(20)10-18-8-6-15(7-9-18)14(21)17-11-19(15)12-4-2-1-3-5-12/h1-5H,6-11H2,(H2,16,20)(H,17,21). The fourth-order valence-electron chi connectivity index (χ4n) is 3.33. The van der Waals surface area contributed by atoms with Crippen molar-refractivity contribution < 1.29 is 9.59 Å². The van der Waals surface area contributed by atoms with Gasteiger partial charge in [0, 0.05) is 18.8 Å². The van der Waals surface area contributed by atoms with Gasteiger partial charge in [-0.15, -0.1) is 0 Å². The van der Waals surface area contributed by atoms with Crippen LogP contribution in [0.3, 0.4) is 0 Å². The largest absolute Gasteiger partial charge is 0.369 e. The van der Waals surface area contributed by atoms with E-state index in [-0.39, 0.29) is 18.4 Å². The Morgan fingerprint density at radius 3 is 2.52 bits per heavy atom. The number of benzene rings is 1. The number of hydrogen-bond donors (Lipinski definition) is 2. The Bertz CT molecular complexity index is 538. The van der Waals surface area contributed by atoms with E-state index >= 15 is 0 Å². The van der Waals surface area contributed by atoms with Gasteiger partial charge in [-0.2, -0.15) is 0 Å². The Hall–Kier alpha value is -2.08. The summed E-state index contributed by atoms with van der Waals surface area (Å²) in [7, 11) is 0. The van der Waals surface area contributed by atoms with Crippen LogP contribution in [0.25, 0.3) is 0 Å². The SMILES string of the molecule is NC(=O)CN1CCC2(CC1)C(=O)NCN2c1ccccc1. The molecule has 0 atom stereocenters. The highest BCUT2D eigenvalue weighted by Gasteiger charge is 2.50. The second kappa shape index (κ2) is 5.37. The minimum atomic E-state index is -0.491. The summed E-state index contributed by atoms with van der Waals surface area (Å²) < 4.78 is 0. The van der Waals surface area contributed by atoms with E-state index in [4.69, 9.17) is 5.73 Å². The number of piperidine rings is 1. The minimum Gasteiger partial charge on any atom is -0.369 e. The molecular formula is C15H20N4O2. The molecule has 2 aliphatic heterocycles. The number of hydrogen-bond acceptors (Lipinski definition) is 4. The lowest BCUT2D eigenvalue weighted by Crippen LogP contribution is -2.57. The number of para-hydroxylation sites is 1. The summed E-state index contributed by atoms with van der Waals surface area (Å²) in [6.45, 7) is 2.22. The topological polar surface area (TPSA) is 78.7 Å². The van der Waals surface area contributed by atoms with E-state index in [1.165, 1.54) is 0 Å². The monoisotopic (exact) mass is 288 g/mol. The van der Waals surface area contributed by atoms with Crippen LogP contribution in [0.4, 0.5) is 5.69 Å². The lowest BCUT2D eigenvalue weighted by Gasteiger charge is -2.43. The van der Waals surface area contributed by atoms with E-state index in [0.717, 1.165) is 5.69 Å². The number of nitrogens with zero attached hydrogens (tertiary/aromatic N) is 2. The molecule has 1 spiro atoms. The van der Waals surface area contributed by atoms with Crippen LogP contribution in [0.1, 0.15) is 12.8 Å². The van der Waals surface area contributed by atoms with Crippen molar-refractivity contribution in [1.29, 1.82) is 0 Å². The Labute approximate surface area is 123 Å². The molecule has 0 bridgehead atoms. The van der Waals surface area contributed by atoms with Gasteiger partial charge >= 0.3 is 0 Å². The van der Waals surface area contributed by atoms with Crippen LogP contribution >= 0.6 is 0 Å². The van der Waals surface area contributed by atoms with Gasteiger partial charge in [0.2, 0.25) is 11.8 Å². The van der Waals surface area contributed by atoms with Crippen LogP contribution in [-0.2, 0) is 9.59 Å². The van der Waals surface area contributed by atoms with E-state index in [1.807, 2.05) is 35.2 Å². The molecule has 0 aromatic heterocycles. The van der Waals surface area contributed by atoms with Crippen molar-refractivity contribution in [2.45, 2.75) is 18.4 Å². The quantitative estimate of drug-likeness (QED) is 0.814. The molecule has 21 heavy (non-hydrogen) atoms. The molecule has 3 N–H and O–H groups in total. The molecule has 0 aliphatic carbocycles. The van der Waals surface area contributed by atoms with Crippen molar-refractivity contribution in [2.75, 3.05) is 31.2 Å². The van der Waals surface area contributed by atoms with Gasteiger partial charge in [0.1, 0.15) is 5.54 Å². The van der Waals surface area contributed by atoms with E-state index in [0.29, 0.717) is 32.6 Å². The molecule has 0 radical (unpaired) electrons. The highest BCUT2D eigenvalue weighted by Crippen LogP contribution is 2.35. The zero-order valence-corrected chi connectivity index (χ0v) is 11.9. The van der Waals surface area contributed by atoms with Gasteiger partial charge in [-0.3, -0.25) is 14.5 Å². The smallest absolute Gasteiger partial charge is 0.247 e. The number of likely N-dealkylation sites (tertiary alicyclic amines) is 1. The summed E-state index contributed by atoms with van der Waals surface area (Å²) >= 11 is 0. The van der Waals surface area contributed by atoms with Gasteiger partial charge in [-0.1, -0.05) is 18.2 Å². The number of primary amides is 1. The molecule has 1 aromatic rings. The van der Waals surface area contributed by atoms with Crippen LogP contribution in [0.15, 0.2) is 30.3 Å². The molecule has 0 saturated carbocycles. The second-order valence-corrected chi connectivity index (χ2v) is 5.70. The maximum atomic E-state index is 12.4. The van der Waals surface area contributed by atoms with Crippen molar-refractivity contribution in [2.24, 2.45) is 5.73 Å². The fraction of sp³-hybridized carbons (Fsp3) is 0.467. The third-order valence-electron chi connectivity index (χ3n) is 4.47. The summed E-state index contributed by atoms with van der Waals surface area (Å²) in [5.41, 5.74) is 5.81. The lowest BCUT2D eigenvalue weighted by molar-refractivity contribution is -0.125. The summed E-state index contributed by atoms with van der Waals surface area (Å²) in [5, 5.41) is 2.96. The number of carbonyl (C=O) groups excluding carboxylic acids is 2. The van der Waals surface area contributed by atoms with Crippen LogP contribution in [0, 0.1) is 0 Å². The van der Waals surface area contributed by atoms with Gasteiger partial charge in [0.15, 0.2) is 0 Å². The highest BCUT2D eigenvalue weighted by molar-refractivity contribution is 5.93. The van der Waals surface area contributed by atoms with E-state index in [1.54, 1.807) is 0 Å². The van der Waals surface area contributed by atoms with Crippen LogP contribution in [0.5, 0.6) is 0 Å². The average Bonchev–Trinajstić information content (AvgIpc) is 2.79. The van der Waals surface area contributed by atoms with E-state index in [9.17, 15) is 9.59 Å². The molecule has 2 amide bonds. The Kier molecular flexibility index (Phi) is 3.55. The second-order valence-electron chi connectivity index (χ2n) is 5.70. The lowest BCUT2D eigenvalue weighted by atomic mass is 9.85. The molecule has 6 nitrogen and oxygen atoms in total. The van der Waals surface area contributed by atoms with Gasteiger partial charge in [-0.05, 0) is 25.0 Å². The molecule has 2 fully saturated rings. The fourth-order valence-corrected chi connectivity index (χ4v) is 3.33. The Morgan fingerprint density at radius 1 is 1.24 bits per heavy atom. The van der Waals surface area contributed by atoms with Gasteiger partial charge in [0.05, 0.1) is 13.2 Å². The van der Waals surface area contributed by atoms with Crippen molar-refractivity contribution in [1.82, 2.24) is 10.2 Å². The predicted octanol–water partition coefficient (Wildman–Crippen LogP) is -0.0998. The first kappa shape index (κ1) is 13.9. The zero-order valence-electron chi connectivity index (χ0n) is 11.9. The zero-order chi connectivity index (χ0) is 14.9. The highest BCUT2D eigenvalue weighted by atomic mass is 16.2. The minimum absolute atomic E-state index is 0.0880. The van der Waals surface area contributed by atoms with Crippen LogP contribution in [0.2, 0.25) is 0 Å². The molecule has 3 rings (SSSR count). The van der Waals surface area contributed by atoms with E-state index < -0.39 is 5.54 Å². The van der Waals surface area contributed by atoms with Gasteiger partial charge in [0.25, 0.3) is 0 Å². The number of anilines is 1. The maximum absolute atomic E-state index is 12.4. The molecule has 2 heterocycles. The van der Waals surface area contributed by atoms with E-state index in [2.05, 4.69) is 10.2 Å². The van der Waals surface area contributed by atoms with Crippen LogP contribution in [-0.4, -0.2) is 48.6 Å². The first-order chi connectivity index (χ1) is 10.1.